The van der Waals surface area contributed by atoms with Gasteiger partial charge in [-0.3, -0.25) is 0 Å². The summed E-state index contributed by atoms with van der Waals surface area (Å²) in [6.45, 7) is 0. The van der Waals surface area contributed by atoms with Crippen LogP contribution in [0.3, 0.4) is 0 Å². The monoisotopic (exact) mass is 290 g/mol. The smallest absolute Gasteiger partial charge is 0.130 e. The molecule has 0 N–H and O–H groups in total. The fraction of sp³-hybridized carbons (Fsp3) is 0.200. The first-order valence-corrected chi connectivity index (χ1v) is 8.32. The molecule has 2 aromatic rings. The molecule has 0 aliphatic carbocycles. The Balaban J connectivity index is 1.91. The van der Waals surface area contributed by atoms with E-state index < -0.39 is 0 Å². The number of ether oxygens (including phenoxy) is 2. The van der Waals surface area contributed by atoms with Crippen LogP contribution in [0.5, 0.6) is 11.5 Å². The van der Waals surface area contributed by atoms with Gasteiger partial charge in [0.2, 0.25) is 0 Å². The summed E-state index contributed by atoms with van der Waals surface area (Å²) in [5.74, 6) is 1.86. The minimum atomic E-state index is 0.928. The summed E-state index contributed by atoms with van der Waals surface area (Å²) in [5.41, 5.74) is 0. The van der Waals surface area contributed by atoms with E-state index in [1.807, 2.05) is 22.9 Å². The molecule has 0 amide bonds. The van der Waals surface area contributed by atoms with Crippen molar-refractivity contribution in [2.45, 2.75) is 8.42 Å². The third kappa shape index (κ3) is 3.10. The first kappa shape index (κ1) is 12.2. The lowest BCUT2D eigenvalue weighted by atomic mass is 10.6. The number of methoxy groups -OCH3 is 2. The van der Waals surface area contributed by atoms with E-state index in [9.17, 15) is 0 Å². The van der Waals surface area contributed by atoms with Crippen molar-refractivity contribution in [3.05, 3.63) is 22.9 Å². The molecular formula is C10H10O2S4. The molecule has 0 spiro atoms. The quantitative estimate of drug-likeness (QED) is 0.747. The van der Waals surface area contributed by atoms with Gasteiger partial charge in [0.1, 0.15) is 11.5 Å². The van der Waals surface area contributed by atoms with Gasteiger partial charge in [0, 0.05) is 22.9 Å². The molecule has 2 rings (SSSR count). The van der Waals surface area contributed by atoms with Crippen molar-refractivity contribution < 1.29 is 9.47 Å². The van der Waals surface area contributed by atoms with Gasteiger partial charge >= 0.3 is 0 Å². The molecule has 0 unspecified atom stereocenters. The Labute approximate surface area is 110 Å². The lowest BCUT2D eigenvalue weighted by Gasteiger charge is -1.94. The molecule has 86 valence electrons. The summed E-state index contributed by atoms with van der Waals surface area (Å²) in [5, 5.41) is 4.02. The third-order valence-corrected chi connectivity index (χ3v) is 6.87. The Morgan fingerprint density at radius 3 is 1.62 bits per heavy atom. The maximum atomic E-state index is 5.14. The molecule has 0 radical (unpaired) electrons. The highest BCUT2D eigenvalue weighted by atomic mass is 33.1. The average Bonchev–Trinajstić information content (AvgIpc) is 2.95. The molecule has 2 aromatic heterocycles. The van der Waals surface area contributed by atoms with Crippen LogP contribution in [-0.4, -0.2) is 14.2 Å². The molecule has 6 heteroatoms. The number of thiophene rings is 2. The summed E-state index contributed by atoms with van der Waals surface area (Å²) in [6.07, 6.45) is 0. The second-order valence-electron chi connectivity index (χ2n) is 2.78. The molecule has 0 saturated carbocycles. The van der Waals surface area contributed by atoms with Crippen molar-refractivity contribution >= 4 is 44.3 Å². The van der Waals surface area contributed by atoms with Gasteiger partial charge < -0.3 is 9.47 Å². The SMILES string of the molecule is COc1csc(SSc2cc(OC)cs2)c1. The van der Waals surface area contributed by atoms with E-state index in [1.165, 1.54) is 8.42 Å². The molecule has 2 heterocycles. The van der Waals surface area contributed by atoms with Crippen LogP contribution in [0.1, 0.15) is 0 Å². The Morgan fingerprint density at radius 1 is 0.875 bits per heavy atom. The highest BCUT2D eigenvalue weighted by molar-refractivity contribution is 8.77. The zero-order valence-electron chi connectivity index (χ0n) is 8.76. The van der Waals surface area contributed by atoms with Crippen molar-refractivity contribution in [2.75, 3.05) is 14.2 Å². The number of hydrogen-bond acceptors (Lipinski definition) is 6. The van der Waals surface area contributed by atoms with E-state index in [0.29, 0.717) is 0 Å². The maximum Gasteiger partial charge on any atom is 0.130 e. The first-order chi connectivity index (χ1) is 7.81. The van der Waals surface area contributed by atoms with Gasteiger partial charge in [-0.1, -0.05) is 0 Å². The maximum absolute atomic E-state index is 5.14. The van der Waals surface area contributed by atoms with Gasteiger partial charge in [-0.2, -0.15) is 0 Å². The molecule has 0 atom stereocenters. The summed E-state index contributed by atoms with van der Waals surface area (Å²) >= 11 is 3.39. The van der Waals surface area contributed by atoms with Crippen LogP contribution in [0.2, 0.25) is 0 Å². The fourth-order valence-electron chi connectivity index (χ4n) is 0.984. The van der Waals surface area contributed by atoms with Gasteiger partial charge in [-0.15, -0.1) is 22.7 Å². The fourth-order valence-corrected chi connectivity index (χ4v) is 5.34. The van der Waals surface area contributed by atoms with Crippen LogP contribution in [0.4, 0.5) is 0 Å². The lowest BCUT2D eigenvalue weighted by Crippen LogP contribution is -1.75. The third-order valence-electron chi connectivity index (χ3n) is 1.78. The molecular weight excluding hydrogens is 280 g/mol. The Morgan fingerprint density at radius 2 is 1.31 bits per heavy atom. The van der Waals surface area contributed by atoms with Crippen LogP contribution in [0, 0.1) is 0 Å². The van der Waals surface area contributed by atoms with Crippen molar-refractivity contribution in [2.24, 2.45) is 0 Å². The van der Waals surface area contributed by atoms with Crippen LogP contribution in [0.15, 0.2) is 31.3 Å². The number of rotatable bonds is 5. The second kappa shape index (κ2) is 5.86. The van der Waals surface area contributed by atoms with Crippen LogP contribution in [0.25, 0.3) is 0 Å². The van der Waals surface area contributed by atoms with E-state index in [1.54, 1.807) is 58.5 Å². The molecule has 0 saturated heterocycles. The highest BCUT2D eigenvalue weighted by Gasteiger charge is 2.04. The topological polar surface area (TPSA) is 18.5 Å². The minimum absolute atomic E-state index is 0.928. The van der Waals surface area contributed by atoms with Crippen molar-refractivity contribution in [3.8, 4) is 11.5 Å². The Hall–Kier alpha value is -0.300. The molecule has 16 heavy (non-hydrogen) atoms. The van der Waals surface area contributed by atoms with Crippen molar-refractivity contribution in [1.29, 1.82) is 0 Å². The predicted molar refractivity (Wildman–Crippen MR) is 73.5 cm³/mol. The Kier molecular flexibility index (Phi) is 4.45. The second-order valence-corrected chi connectivity index (χ2v) is 7.33. The Bertz CT molecular complexity index is 407. The highest BCUT2D eigenvalue weighted by Crippen LogP contribution is 2.44. The lowest BCUT2D eigenvalue weighted by molar-refractivity contribution is 0.416. The zero-order chi connectivity index (χ0) is 11.4. The van der Waals surface area contributed by atoms with Crippen LogP contribution in [-0.2, 0) is 0 Å². The summed E-state index contributed by atoms with van der Waals surface area (Å²) in [7, 11) is 6.86. The molecule has 0 aliphatic rings. The average molecular weight is 290 g/mol. The van der Waals surface area contributed by atoms with Gasteiger partial charge in [0.25, 0.3) is 0 Å². The van der Waals surface area contributed by atoms with E-state index in [4.69, 9.17) is 9.47 Å². The molecule has 0 bridgehead atoms. The molecule has 0 aromatic carbocycles. The van der Waals surface area contributed by atoms with Gasteiger partial charge in [-0.05, 0) is 21.6 Å². The standard InChI is InChI=1S/C10H10O2S4/c1-11-7-3-9(13-5-7)15-16-10-4-8(12-2)6-14-10/h3-6H,1-2H3. The van der Waals surface area contributed by atoms with E-state index >= 15 is 0 Å². The summed E-state index contributed by atoms with van der Waals surface area (Å²) < 4.78 is 12.8. The summed E-state index contributed by atoms with van der Waals surface area (Å²) in [6, 6.07) is 4.10. The normalized spacial score (nSPS) is 10.4. The van der Waals surface area contributed by atoms with Crippen molar-refractivity contribution in [1.82, 2.24) is 0 Å². The zero-order valence-corrected chi connectivity index (χ0v) is 12.0. The summed E-state index contributed by atoms with van der Waals surface area (Å²) in [4.78, 5) is 0. The molecule has 2 nitrogen and oxygen atoms in total. The van der Waals surface area contributed by atoms with E-state index in [-0.39, 0.29) is 0 Å². The van der Waals surface area contributed by atoms with Gasteiger partial charge in [0.15, 0.2) is 0 Å². The van der Waals surface area contributed by atoms with Crippen LogP contribution >= 0.6 is 44.3 Å². The van der Waals surface area contributed by atoms with E-state index in [2.05, 4.69) is 0 Å². The van der Waals surface area contributed by atoms with Gasteiger partial charge in [0.05, 0.1) is 22.6 Å². The number of hydrogen-bond donors (Lipinski definition) is 0. The molecule has 0 fully saturated rings. The predicted octanol–water partition coefficient (Wildman–Crippen LogP) is 4.63. The van der Waals surface area contributed by atoms with Gasteiger partial charge in [-0.25, -0.2) is 0 Å². The largest absolute Gasteiger partial charge is 0.496 e. The first-order valence-electron chi connectivity index (χ1n) is 4.41. The van der Waals surface area contributed by atoms with E-state index in [0.717, 1.165) is 11.5 Å². The molecule has 0 aliphatic heterocycles. The van der Waals surface area contributed by atoms with Crippen molar-refractivity contribution in [3.63, 3.8) is 0 Å². The minimum Gasteiger partial charge on any atom is -0.496 e. The van der Waals surface area contributed by atoms with Crippen LogP contribution < -0.4 is 9.47 Å².